The van der Waals surface area contributed by atoms with Crippen molar-refractivity contribution < 1.29 is 14.4 Å². The van der Waals surface area contributed by atoms with Crippen molar-refractivity contribution in [3.05, 3.63) is 68.3 Å². The van der Waals surface area contributed by atoms with Gasteiger partial charge in [-0.15, -0.1) is 11.3 Å². The van der Waals surface area contributed by atoms with Crippen molar-refractivity contribution in [3.63, 3.8) is 0 Å². The number of nitro groups is 1. The fourth-order valence-corrected chi connectivity index (χ4v) is 4.87. The molecule has 1 saturated carbocycles. The molecule has 1 aliphatic heterocycles. The first-order valence-corrected chi connectivity index (χ1v) is 11.5. The average molecular weight is 451 g/mol. The van der Waals surface area contributed by atoms with Crippen LogP contribution in [0.2, 0.25) is 0 Å². The molecule has 0 unspecified atom stereocenters. The second-order valence-corrected chi connectivity index (χ2v) is 8.64. The molecule has 0 atom stereocenters. The van der Waals surface area contributed by atoms with E-state index >= 15 is 0 Å². The molecular formula is C23H22N4O4S. The molecule has 1 aliphatic carbocycles. The zero-order valence-electron chi connectivity index (χ0n) is 17.3. The quantitative estimate of drug-likeness (QED) is 0.312. The third-order valence-electron chi connectivity index (χ3n) is 5.62. The van der Waals surface area contributed by atoms with Crippen LogP contribution in [0.4, 0.5) is 5.69 Å². The van der Waals surface area contributed by atoms with Crippen LogP contribution in [0.5, 0.6) is 11.5 Å². The van der Waals surface area contributed by atoms with E-state index in [9.17, 15) is 10.1 Å². The smallest absolute Gasteiger partial charge is 0.270 e. The minimum Gasteiger partial charge on any atom is -0.454 e. The Morgan fingerprint density at radius 3 is 2.78 bits per heavy atom. The topological polar surface area (TPSA) is 91.2 Å². The second kappa shape index (κ2) is 8.96. The molecule has 2 aliphatic rings. The standard InChI is InChI=1S/C23H22N4O4S/c28-27(29)19-8-4-5-17(12-19)20-14-32-23(25-18-6-2-1-3-7-18)26(20)24-13-16-9-10-21-22(11-16)31-15-30-21/h4-5,8-14,18H,1-3,6-7,15H2. The van der Waals surface area contributed by atoms with E-state index in [0.717, 1.165) is 40.2 Å². The maximum atomic E-state index is 11.3. The van der Waals surface area contributed by atoms with Crippen LogP contribution >= 0.6 is 11.3 Å². The van der Waals surface area contributed by atoms with Crippen LogP contribution in [0.15, 0.2) is 57.9 Å². The first-order valence-electron chi connectivity index (χ1n) is 10.6. The summed E-state index contributed by atoms with van der Waals surface area (Å²) in [6.07, 6.45) is 7.55. The SMILES string of the molecule is O=[N+]([O-])c1cccc(-c2csc(=NC3CCCCC3)n2N=Cc2ccc3c(c2)OCO3)c1. The van der Waals surface area contributed by atoms with Crippen LogP contribution < -0.4 is 14.3 Å². The first-order chi connectivity index (χ1) is 15.7. The average Bonchev–Trinajstić information content (AvgIpc) is 3.45. The predicted molar refractivity (Wildman–Crippen MR) is 122 cm³/mol. The Hall–Kier alpha value is -3.46. The fraction of sp³-hybridized carbons (Fsp3) is 0.304. The number of benzene rings is 2. The highest BCUT2D eigenvalue weighted by Crippen LogP contribution is 2.32. The van der Waals surface area contributed by atoms with Crippen molar-refractivity contribution in [1.82, 2.24) is 4.68 Å². The molecule has 0 bridgehead atoms. The van der Waals surface area contributed by atoms with E-state index in [1.54, 1.807) is 23.0 Å². The van der Waals surface area contributed by atoms with Gasteiger partial charge in [0.25, 0.3) is 5.69 Å². The molecule has 32 heavy (non-hydrogen) atoms. The van der Waals surface area contributed by atoms with E-state index in [0.29, 0.717) is 5.75 Å². The molecule has 1 aromatic heterocycles. The van der Waals surface area contributed by atoms with Gasteiger partial charge in [0.15, 0.2) is 11.5 Å². The lowest BCUT2D eigenvalue weighted by molar-refractivity contribution is -0.384. The Balaban J connectivity index is 1.56. The zero-order chi connectivity index (χ0) is 21.9. The summed E-state index contributed by atoms with van der Waals surface area (Å²) in [5.41, 5.74) is 2.40. The van der Waals surface area contributed by atoms with Crippen LogP contribution in [0.1, 0.15) is 37.7 Å². The molecule has 9 heteroatoms. The lowest BCUT2D eigenvalue weighted by Gasteiger charge is -2.16. The minimum absolute atomic E-state index is 0.0470. The van der Waals surface area contributed by atoms with E-state index in [2.05, 4.69) is 0 Å². The van der Waals surface area contributed by atoms with Gasteiger partial charge in [-0.2, -0.15) is 5.10 Å². The molecule has 2 aromatic carbocycles. The molecule has 0 saturated heterocycles. The van der Waals surface area contributed by atoms with Crippen LogP contribution in [0, 0.1) is 10.1 Å². The number of nitrogens with zero attached hydrogens (tertiary/aromatic N) is 4. The fourth-order valence-electron chi connectivity index (χ4n) is 3.96. The second-order valence-electron chi connectivity index (χ2n) is 7.80. The Morgan fingerprint density at radius 2 is 1.94 bits per heavy atom. The molecule has 3 aromatic rings. The molecule has 2 heterocycles. The van der Waals surface area contributed by atoms with Crippen molar-refractivity contribution in [1.29, 1.82) is 0 Å². The maximum Gasteiger partial charge on any atom is 0.270 e. The highest BCUT2D eigenvalue weighted by molar-refractivity contribution is 7.07. The van der Waals surface area contributed by atoms with Crippen LogP contribution in [-0.2, 0) is 0 Å². The first kappa shape index (κ1) is 20.4. The molecular weight excluding hydrogens is 428 g/mol. The number of hydrogen-bond donors (Lipinski definition) is 0. The molecule has 1 fully saturated rings. The maximum absolute atomic E-state index is 11.3. The number of ether oxygens (including phenoxy) is 2. The lowest BCUT2D eigenvalue weighted by atomic mass is 9.96. The summed E-state index contributed by atoms with van der Waals surface area (Å²) in [5, 5.41) is 17.9. The van der Waals surface area contributed by atoms with Crippen LogP contribution in [0.3, 0.4) is 0 Å². The van der Waals surface area contributed by atoms with Crippen molar-refractivity contribution in [2.24, 2.45) is 10.1 Å². The normalized spacial score (nSPS) is 16.7. The zero-order valence-corrected chi connectivity index (χ0v) is 18.2. The Kier molecular flexibility index (Phi) is 5.72. The highest BCUT2D eigenvalue weighted by Gasteiger charge is 2.16. The lowest BCUT2D eigenvalue weighted by Crippen LogP contribution is -2.19. The number of hydrogen-bond acceptors (Lipinski definition) is 7. The van der Waals surface area contributed by atoms with Crippen molar-refractivity contribution >= 4 is 23.2 Å². The van der Waals surface area contributed by atoms with Gasteiger partial charge in [0.05, 0.1) is 22.9 Å². The molecule has 0 N–H and O–H groups in total. The predicted octanol–water partition coefficient (Wildman–Crippen LogP) is 4.97. The third-order valence-corrected chi connectivity index (χ3v) is 6.45. The number of aromatic nitrogens is 1. The molecule has 8 nitrogen and oxygen atoms in total. The van der Waals surface area contributed by atoms with E-state index < -0.39 is 0 Å². The Morgan fingerprint density at radius 1 is 1.09 bits per heavy atom. The number of thiazole rings is 1. The van der Waals surface area contributed by atoms with Crippen molar-refractivity contribution in [2.45, 2.75) is 38.1 Å². The number of non-ortho nitro benzene ring substituents is 1. The van der Waals surface area contributed by atoms with Gasteiger partial charge in [0.2, 0.25) is 11.6 Å². The summed E-state index contributed by atoms with van der Waals surface area (Å²) in [6.45, 7) is 0.219. The highest BCUT2D eigenvalue weighted by atomic mass is 32.1. The Bertz CT molecular complexity index is 1240. The van der Waals surface area contributed by atoms with Crippen LogP contribution in [0.25, 0.3) is 11.3 Å². The largest absolute Gasteiger partial charge is 0.454 e. The molecule has 5 rings (SSSR count). The molecule has 0 spiro atoms. The molecule has 164 valence electrons. The van der Waals surface area contributed by atoms with Crippen molar-refractivity contribution in [3.8, 4) is 22.8 Å². The van der Waals surface area contributed by atoms with E-state index in [1.807, 2.05) is 29.6 Å². The van der Waals surface area contributed by atoms with E-state index in [4.69, 9.17) is 19.6 Å². The summed E-state index contributed by atoms with van der Waals surface area (Å²) in [7, 11) is 0. The van der Waals surface area contributed by atoms with E-state index in [-0.39, 0.29) is 23.4 Å². The monoisotopic (exact) mass is 450 g/mol. The van der Waals surface area contributed by atoms with Gasteiger partial charge in [-0.3, -0.25) is 15.1 Å². The van der Waals surface area contributed by atoms with Gasteiger partial charge in [-0.05, 0) is 36.6 Å². The summed E-state index contributed by atoms with van der Waals surface area (Å²) < 4.78 is 12.6. The minimum atomic E-state index is -0.386. The molecule has 0 amide bonds. The van der Waals surface area contributed by atoms with Crippen molar-refractivity contribution in [2.75, 3.05) is 6.79 Å². The third kappa shape index (κ3) is 4.29. The van der Waals surface area contributed by atoms with Gasteiger partial charge in [-0.1, -0.05) is 31.4 Å². The van der Waals surface area contributed by atoms with E-state index in [1.165, 1.54) is 36.7 Å². The number of rotatable bonds is 5. The molecule has 0 radical (unpaired) electrons. The summed E-state index contributed by atoms with van der Waals surface area (Å²) in [4.78, 5) is 16.7. The van der Waals surface area contributed by atoms with Gasteiger partial charge >= 0.3 is 0 Å². The van der Waals surface area contributed by atoms with Gasteiger partial charge in [-0.25, -0.2) is 4.68 Å². The van der Waals surface area contributed by atoms with Crippen LogP contribution in [-0.4, -0.2) is 28.6 Å². The Labute approximate surface area is 188 Å². The number of nitro benzene ring substituents is 1. The van der Waals surface area contributed by atoms with Gasteiger partial charge in [0, 0.05) is 23.1 Å². The number of fused-ring (bicyclic) bond motifs is 1. The summed E-state index contributed by atoms with van der Waals surface area (Å²) >= 11 is 1.50. The summed E-state index contributed by atoms with van der Waals surface area (Å²) in [6, 6.07) is 12.5. The summed E-state index contributed by atoms with van der Waals surface area (Å²) in [5.74, 6) is 1.41. The van der Waals surface area contributed by atoms with Gasteiger partial charge < -0.3 is 9.47 Å². The van der Waals surface area contributed by atoms with Gasteiger partial charge in [0.1, 0.15) is 0 Å².